The quantitative estimate of drug-likeness (QED) is 0.196. The van der Waals surface area contributed by atoms with Crippen LogP contribution in [0.5, 0.6) is 11.5 Å². The Morgan fingerprint density at radius 1 is 0.489 bits per heavy atom. The zero-order valence-corrected chi connectivity index (χ0v) is 27.4. The highest BCUT2D eigenvalue weighted by atomic mass is 16.3. The summed E-state index contributed by atoms with van der Waals surface area (Å²) < 4.78 is 0. The summed E-state index contributed by atoms with van der Waals surface area (Å²) in [5, 5.41) is 23.8. The van der Waals surface area contributed by atoms with Gasteiger partial charge in [0.25, 0.3) is 0 Å². The number of hydrogen-bond donors (Lipinski definition) is 2. The minimum absolute atomic E-state index is 0.0493. The van der Waals surface area contributed by atoms with Gasteiger partial charge in [0.2, 0.25) is 0 Å². The molecule has 0 bridgehead atoms. The van der Waals surface area contributed by atoms with Gasteiger partial charge in [0.15, 0.2) is 0 Å². The van der Waals surface area contributed by atoms with E-state index in [9.17, 15) is 10.2 Å². The summed E-state index contributed by atoms with van der Waals surface area (Å²) in [4.78, 5) is 0. The van der Waals surface area contributed by atoms with Gasteiger partial charge in [-0.05, 0) is 88.2 Å². The van der Waals surface area contributed by atoms with Crippen LogP contribution in [0.15, 0.2) is 146 Å². The standard InChI is InChI=1S/C45H42O2/c1-31-24-25-45(30-44(31,2)3,36-26-38(32-16-8-4-9-17-32)42(46)39(27-36)33-18-10-5-11-19-33)37-28-40(34-20-12-6-13-21-34)43(47)41(29-37)35-22-14-7-15-23-35/h4-23,26-29,31,46-47H,24-25,30H2,1-3H3. The van der Waals surface area contributed by atoms with Crippen molar-refractivity contribution in [1.82, 2.24) is 0 Å². The second kappa shape index (κ2) is 12.3. The lowest BCUT2D eigenvalue weighted by Crippen LogP contribution is -2.42. The van der Waals surface area contributed by atoms with Crippen LogP contribution in [-0.4, -0.2) is 10.2 Å². The van der Waals surface area contributed by atoms with E-state index in [1.807, 2.05) is 72.8 Å². The Hall–Kier alpha value is -5.08. The first-order chi connectivity index (χ1) is 22.8. The van der Waals surface area contributed by atoms with Crippen molar-refractivity contribution >= 4 is 0 Å². The van der Waals surface area contributed by atoms with Gasteiger partial charge in [-0.15, -0.1) is 0 Å². The van der Waals surface area contributed by atoms with Gasteiger partial charge in [-0.3, -0.25) is 0 Å². The molecule has 1 unspecified atom stereocenters. The van der Waals surface area contributed by atoms with Crippen molar-refractivity contribution in [3.8, 4) is 56.0 Å². The van der Waals surface area contributed by atoms with Crippen LogP contribution in [0.1, 0.15) is 51.2 Å². The second-order valence-corrected chi connectivity index (χ2v) is 14.0. The highest BCUT2D eigenvalue weighted by Crippen LogP contribution is 2.57. The van der Waals surface area contributed by atoms with E-state index in [0.717, 1.165) is 63.8 Å². The first-order valence-corrected chi connectivity index (χ1v) is 16.7. The van der Waals surface area contributed by atoms with E-state index >= 15 is 0 Å². The maximum Gasteiger partial charge on any atom is 0.131 e. The van der Waals surface area contributed by atoms with Crippen LogP contribution in [0.3, 0.4) is 0 Å². The smallest absolute Gasteiger partial charge is 0.131 e. The highest BCUT2D eigenvalue weighted by molar-refractivity contribution is 5.86. The normalized spacial score (nSPS) is 16.9. The maximum absolute atomic E-state index is 11.9. The number of hydrogen-bond acceptors (Lipinski definition) is 2. The highest BCUT2D eigenvalue weighted by Gasteiger charge is 2.46. The Morgan fingerprint density at radius 3 is 1.06 bits per heavy atom. The van der Waals surface area contributed by atoms with Crippen LogP contribution in [0.2, 0.25) is 0 Å². The summed E-state index contributed by atoms with van der Waals surface area (Å²) >= 11 is 0. The Balaban J connectivity index is 1.56. The Kier molecular flexibility index (Phi) is 7.98. The third kappa shape index (κ3) is 5.63. The van der Waals surface area contributed by atoms with E-state index in [4.69, 9.17) is 0 Å². The molecule has 1 aliphatic carbocycles. The summed E-state index contributed by atoms with van der Waals surface area (Å²) in [5.74, 6) is 1.14. The van der Waals surface area contributed by atoms with Crippen molar-refractivity contribution in [2.24, 2.45) is 11.3 Å². The van der Waals surface area contributed by atoms with Gasteiger partial charge >= 0.3 is 0 Å². The molecule has 0 amide bonds. The van der Waals surface area contributed by atoms with Gasteiger partial charge < -0.3 is 10.2 Å². The van der Waals surface area contributed by atoms with E-state index in [1.165, 1.54) is 11.1 Å². The van der Waals surface area contributed by atoms with Crippen LogP contribution in [0.25, 0.3) is 44.5 Å². The van der Waals surface area contributed by atoms with E-state index in [-0.39, 0.29) is 10.8 Å². The van der Waals surface area contributed by atoms with E-state index < -0.39 is 0 Å². The lowest BCUT2D eigenvalue weighted by Gasteiger charge is -2.50. The van der Waals surface area contributed by atoms with E-state index in [2.05, 4.69) is 93.6 Å². The number of phenols is 2. The molecule has 0 radical (unpaired) electrons. The molecular weight excluding hydrogens is 572 g/mol. The van der Waals surface area contributed by atoms with Gasteiger partial charge in [0.1, 0.15) is 11.5 Å². The minimum Gasteiger partial charge on any atom is -0.507 e. The predicted molar refractivity (Wildman–Crippen MR) is 196 cm³/mol. The summed E-state index contributed by atoms with van der Waals surface area (Å²) in [6.07, 6.45) is 2.96. The molecular formula is C45H42O2. The molecule has 2 heteroatoms. The molecule has 1 fully saturated rings. The fourth-order valence-corrected chi connectivity index (χ4v) is 7.73. The van der Waals surface area contributed by atoms with Crippen LogP contribution >= 0.6 is 0 Å². The van der Waals surface area contributed by atoms with Crippen LogP contribution in [0.4, 0.5) is 0 Å². The van der Waals surface area contributed by atoms with Crippen molar-refractivity contribution in [3.63, 3.8) is 0 Å². The molecule has 0 aromatic heterocycles. The molecule has 0 spiro atoms. The first-order valence-electron chi connectivity index (χ1n) is 16.7. The molecule has 7 rings (SSSR count). The van der Waals surface area contributed by atoms with Gasteiger partial charge in [-0.1, -0.05) is 142 Å². The van der Waals surface area contributed by atoms with Crippen molar-refractivity contribution in [1.29, 1.82) is 0 Å². The largest absolute Gasteiger partial charge is 0.507 e. The lowest BCUT2D eigenvalue weighted by molar-refractivity contribution is 0.102. The van der Waals surface area contributed by atoms with Gasteiger partial charge in [-0.25, -0.2) is 0 Å². The van der Waals surface area contributed by atoms with E-state index in [1.54, 1.807) is 0 Å². The molecule has 0 aliphatic heterocycles. The second-order valence-electron chi connectivity index (χ2n) is 14.0. The van der Waals surface area contributed by atoms with Crippen molar-refractivity contribution in [3.05, 3.63) is 157 Å². The molecule has 0 heterocycles. The Bertz CT molecular complexity index is 1740. The lowest BCUT2D eigenvalue weighted by atomic mass is 9.54. The first kappa shape index (κ1) is 30.6. The fraction of sp³-hybridized carbons (Fsp3) is 0.200. The van der Waals surface area contributed by atoms with Crippen molar-refractivity contribution in [2.75, 3.05) is 0 Å². The van der Waals surface area contributed by atoms with Gasteiger partial charge in [-0.2, -0.15) is 0 Å². The molecule has 1 aliphatic rings. The molecule has 2 nitrogen and oxygen atoms in total. The predicted octanol–water partition coefficient (Wildman–Crippen LogP) is 11.9. The third-order valence-electron chi connectivity index (χ3n) is 10.8. The number of phenolic OH excluding ortho intramolecular Hbond substituents is 2. The molecule has 2 N–H and O–H groups in total. The maximum atomic E-state index is 11.9. The van der Waals surface area contributed by atoms with Crippen molar-refractivity contribution < 1.29 is 10.2 Å². The molecule has 6 aromatic rings. The van der Waals surface area contributed by atoms with Gasteiger partial charge in [0.05, 0.1) is 0 Å². The summed E-state index contributed by atoms with van der Waals surface area (Å²) in [7, 11) is 0. The monoisotopic (exact) mass is 614 g/mol. The zero-order valence-electron chi connectivity index (χ0n) is 27.4. The summed E-state index contributed by atoms with van der Waals surface area (Å²) in [6.45, 7) is 7.19. The fourth-order valence-electron chi connectivity index (χ4n) is 7.73. The molecule has 0 saturated heterocycles. The number of aromatic hydroxyl groups is 2. The van der Waals surface area contributed by atoms with Gasteiger partial charge in [0, 0.05) is 27.7 Å². The van der Waals surface area contributed by atoms with E-state index in [0.29, 0.717) is 17.4 Å². The summed E-state index contributed by atoms with van der Waals surface area (Å²) in [6, 6.07) is 49.9. The topological polar surface area (TPSA) is 40.5 Å². The minimum atomic E-state index is -0.377. The van der Waals surface area contributed by atoms with Crippen LogP contribution < -0.4 is 0 Å². The molecule has 1 atom stereocenters. The zero-order chi connectivity index (χ0) is 32.6. The molecule has 6 aromatic carbocycles. The average molecular weight is 615 g/mol. The molecule has 1 saturated carbocycles. The average Bonchev–Trinajstić information content (AvgIpc) is 3.11. The molecule has 234 valence electrons. The Morgan fingerprint density at radius 2 is 0.787 bits per heavy atom. The number of rotatable bonds is 6. The SMILES string of the molecule is CC1CCC(c2cc(-c3ccccc3)c(O)c(-c3ccccc3)c2)(c2cc(-c3ccccc3)c(O)c(-c3ccccc3)c2)CC1(C)C. The van der Waals surface area contributed by atoms with Crippen LogP contribution in [-0.2, 0) is 5.41 Å². The van der Waals surface area contributed by atoms with Crippen LogP contribution in [0, 0.1) is 11.3 Å². The Labute approximate surface area is 279 Å². The van der Waals surface area contributed by atoms with Crippen molar-refractivity contribution in [2.45, 2.75) is 45.4 Å². The summed E-state index contributed by atoms with van der Waals surface area (Å²) in [5.41, 5.74) is 9.36. The molecule has 47 heavy (non-hydrogen) atoms. The third-order valence-corrected chi connectivity index (χ3v) is 10.8. The number of benzene rings is 6.